The Balaban J connectivity index is -0.0000000267. The monoisotopic (exact) mass is 744 g/mol. The van der Waals surface area contributed by atoms with E-state index in [0.717, 1.165) is 0 Å². The van der Waals surface area contributed by atoms with Crippen molar-refractivity contribution in [2.24, 2.45) is 0 Å². The fourth-order valence-electron chi connectivity index (χ4n) is 0. The molecular weight excluding hydrogens is 744 g/mol. The summed E-state index contributed by atoms with van der Waals surface area (Å²) < 4.78 is 0. The van der Waals surface area contributed by atoms with E-state index in [1.54, 1.807) is 0 Å². The molecule has 0 N–H and O–H groups in total. The molecule has 8 heavy (non-hydrogen) atoms. The van der Waals surface area contributed by atoms with Crippen LogP contribution in [0.5, 0.6) is 0 Å². The molecule has 0 aliphatic rings. The first-order valence-electron chi connectivity index (χ1n) is 0.874. The van der Waals surface area contributed by atoms with Crippen LogP contribution in [0.15, 0.2) is 0 Å². The van der Waals surface area contributed by atoms with Gasteiger partial charge in [0.25, 0.3) is 0 Å². The molecule has 0 spiro atoms. The second-order valence-corrected chi connectivity index (χ2v) is 0.385. The van der Waals surface area contributed by atoms with Crippen LogP contribution in [-0.4, -0.2) is 7.32 Å². The molecule has 0 aromatic carbocycles. The van der Waals surface area contributed by atoms with E-state index in [1.807, 2.05) is 0 Å². The second-order valence-electron chi connectivity index (χ2n) is 0.385. The van der Waals surface area contributed by atoms with Crippen LogP contribution in [0.3, 0.4) is 0 Å². The van der Waals surface area contributed by atoms with Crippen LogP contribution in [-0.2, 0) is 4.81 Å². The van der Waals surface area contributed by atoms with E-state index in [1.165, 1.54) is 0 Å². The largest absolute Gasteiger partial charge is 1.00 e. The molecule has 8 heteroatoms. The van der Waals surface area contributed by atoms with Gasteiger partial charge in [-0.3, -0.25) is 0 Å². The fourth-order valence-corrected chi connectivity index (χ4v) is 0. The van der Waals surface area contributed by atoms with Crippen LogP contribution in [0.25, 0.3) is 0 Å². The maximum absolute atomic E-state index is 8.81. The predicted octanol–water partition coefficient (Wildman–Crippen LogP) is -4.02. The van der Waals surface area contributed by atoms with Crippen LogP contribution in [0.2, 0.25) is 0 Å². The Morgan fingerprint density at radius 2 is 1.12 bits per heavy atom. The summed E-state index contributed by atoms with van der Waals surface area (Å²) in [6.07, 6.45) is 0. The average Bonchev–Trinajstić information content (AvgIpc) is 1.38. The van der Waals surface area contributed by atoms with Gasteiger partial charge in [0.2, 0.25) is 0 Å². The van der Waals surface area contributed by atoms with Crippen LogP contribution < -0.4 is 15.3 Å². The smallest absolute Gasteiger partial charge is 0.871 e. The van der Waals surface area contributed by atoms with Gasteiger partial charge in [-0.15, -0.1) is 0 Å². The predicted molar refractivity (Wildman–Crippen MR) is 6.84 cm³/mol. The molecule has 0 unspecified atom stereocenters. The third-order valence-electron chi connectivity index (χ3n) is 0.0786. The molecule has 0 radical (unpaired) electrons. The van der Waals surface area contributed by atoms with Crippen molar-refractivity contribution in [3.8, 4) is 0 Å². The molecule has 4 nitrogen and oxygen atoms in total. The van der Waals surface area contributed by atoms with Crippen molar-refractivity contribution < 1.29 is 170 Å². The van der Waals surface area contributed by atoms with Crippen molar-refractivity contribution in [3.05, 3.63) is 0 Å². The molecule has 0 heterocycles. The summed E-state index contributed by atoms with van der Waals surface area (Å²) in [6.45, 7) is 0. The SMILES string of the molecule is [Fr+].[Fr+].[Fr+].[O-]OB([O-])[O-]. The summed E-state index contributed by atoms with van der Waals surface area (Å²) >= 11 is 0. The molecule has 0 amide bonds. The molecule has 30 valence electrons. The molecule has 0 saturated carbocycles. The van der Waals surface area contributed by atoms with Crippen molar-refractivity contribution in [2.45, 2.75) is 0 Å². The van der Waals surface area contributed by atoms with Crippen molar-refractivity contribution >= 4 is 7.32 Å². The van der Waals surface area contributed by atoms with Gasteiger partial charge >= 0.3 is 150 Å². The van der Waals surface area contributed by atoms with Crippen LogP contribution in [0.1, 0.15) is 0 Å². The zero-order valence-electron chi connectivity index (χ0n) is 5.21. The Bertz CT molecular complexity index is 25.2. The molecule has 0 aromatic heterocycles. The van der Waals surface area contributed by atoms with E-state index in [4.69, 9.17) is 15.3 Å². The Labute approximate surface area is 171 Å². The summed E-state index contributed by atoms with van der Waals surface area (Å²) in [5, 5.41) is 26.1. The number of hydrogen-bond donors (Lipinski definition) is 0. The maximum Gasteiger partial charge on any atom is 1.00 e. The van der Waals surface area contributed by atoms with Gasteiger partial charge in [-0.25, -0.2) is 0 Å². The first-order chi connectivity index (χ1) is 2.27. The summed E-state index contributed by atoms with van der Waals surface area (Å²) in [7, 11) is -2.67. The molecule has 0 aliphatic heterocycles. The molecule has 0 rings (SSSR count). The minimum Gasteiger partial charge on any atom is -0.871 e. The fraction of sp³-hybridized carbons (Fsp3) is 0. The van der Waals surface area contributed by atoms with Crippen molar-refractivity contribution in [1.82, 2.24) is 0 Å². The van der Waals surface area contributed by atoms with Crippen molar-refractivity contribution in [1.29, 1.82) is 0 Å². The van der Waals surface area contributed by atoms with Crippen LogP contribution in [0, 0.1) is 150 Å². The summed E-state index contributed by atoms with van der Waals surface area (Å²) in [4.78, 5) is 2.39. The molecule has 0 bridgehead atoms. The Kier molecular flexibility index (Phi) is 50.8. The van der Waals surface area contributed by atoms with Crippen LogP contribution >= 0.6 is 0 Å². The zero-order chi connectivity index (χ0) is 4.28. The zero-order valence-corrected chi connectivity index (χ0v) is 29.9. The maximum atomic E-state index is 8.81. The summed E-state index contributed by atoms with van der Waals surface area (Å²) in [5.74, 6) is 0. The van der Waals surface area contributed by atoms with E-state index < -0.39 is 7.32 Å². The molecule has 0 fully saturated rings. The Morgan fingerprint density at radius 1 is 1.00 bits per heavy atom. The van der Waals surface area contributed by atoms with E-state index in [-0.39, 0.29) is 150 Å². The third kappa shape index (κ3) is 22.4. The van der Waals surface area contributed by atoms with Gasteiger partial charge in [0.05, 0.1) is 0 Å². The van der Waals surface area contributed by atoms with Crippen molar-refractivity contribution in [2.75, 3.05) is 0 Å². The molecule has 0 aromatic rings. The third-order valence-corrected chi connectivity index (χ3v) is 0.0786. The van der Waals surface area contributed by atoms with Gasteiger partial charge in [0.1, 0.15) is 0 Å². The Morgan fingerprint density at radius 3 is 1.12 bits per heavy atom. The van der Waals surface area contributed by atoms with Crippen molar-refractivity contribution in [3.63, 3.8) is 0 Å². The number of rotatable bonds is 1. The van der Waals surface area contributed by atoms with Crippen LogP contribution in [0.4, 0.5) is 0 Å². The van der Waals surface area contributed by atoms with E-state index >= 15 is 0 Å². The molecule has 0 atom stereocenters. The topological polar surface area (TPSA) is 78.4 Å². The first kappa shape index (κ1) is 23.0. The first-order valence-corrected chi connectivity index (χ1v) is 0.874. The Hall–Kier alpha value is 4.70. The van der Waals surface area contributed by atoms with E-state index in [9.17, 15) is 0 Å². The number of hydrogen-bond acceptors (Lipinski definition) is 4. The van der Waals surface area contributed by atoms with Gasteiger partial charge in [-0.05, 0) is 0 Å². The van der Waals surface area contributed by atoms with Gasteiger partial charge in [0, 0.05) is 7.32 Å². The molecule has 0 saturated heterocycles. The summed E-state index contributed by atoms with van der Waals surface area (Å²) in [6, 6.07) is 0. The van der Waals surface area contributed by atoms with Gasteiger partial charge in [-0.1, -0.05) is 0 Å². The minimum absolute atomic E-state index is 0. The van der Waals surface area contributed by atoms with Gasteiger partial charge in [-0.2, -0.15) is 0 Å². The normalized spacial score (nSPS) is 4.88. The summed E-state index contributed by atoms with van der Waals surface area (Å²) in [5.41, 5.74) is 0. The van der Waals surface area contributed by atoms with Gasteiger partial charge in [0.15, 0.2) is 0 Å². The minimum atomic E-state index is -2.67. The molecule has 0 aliphatic carbocycles. The molecular formula is BFr3O4. The average molecular weight is 744 g/mol. The second kappa shape index (κ2) is 17.7. The van der Waals surface area contributed by atoms with E-state index in [2.05, 4.69) is 4.81 Å². The van der Waals surface area contributed by atoms with Gasteiger partial charge < -0.3 is 20.1 Å². The quantitative estimate of drug-likeness (QED) is 0.156. The van der Waals surface area contributed by atoms with E-state index in [0.29, 0.717) is 0 Å². The standard InChI is InChI=1S/BHO4.3Fr/c2-1(3)5-4;;;/h4H;;;/q-2;3*+1/p-1.